The van der Waals surface area contributed by atoms with E-state index in [4.69, 9.17) is 16.3 Å². The fourth-order valence-electron chi connectivity index (χ4n) is 3.54. The van der Waals surface area contributed by atoms with Crippen molar-refractivity contribution in [3.8, 4) is 11.1 Å². The number of benzene rings is 2. The second-order valence-corrected chi connectivity index (χ2v) is 7.71. The molecule has 31 heavy (non-hydrogen) atoms. The Morgan fingerprint density at radius 1 is 1.29 bits per heavy atom. The minimum absolute atomic E-state index is 0.0993. The lowest BCUT2D eigenvalue weighted by Crippen LogP contribution is -2.24. The topological polar surface area (TPSA) is 85.2 Å². The summed E-state index contributed by atoms with van der Waals surface area (Å²) in [6, 6.07) is 10.9. The fraction of sp³-hybridized carbons (Fsp3) is 0.227. The molecule has 0 spiro atoms. The van der Waals surface area contributed by atoms with Gasteiger partial charge in [0, 0.05) is 18.4 Å². The SMILES string of the molecule is COCc1nn2c(c1-c1ccc(C)cc1)NC(=O)C2CC(=O)Nc1ccc(F)c(Cl)c1. The van der Waals surface area contributed by atoms with E-state index in [0.717, 1.165) is 22.8 Å². The molecule has 1 aromatic heterocycles. The van der Waals surface area contributed by atoms with E-state index in [-0.39, 0.29) is 24.0 Å². The zero-order valence-corrected chi connectivity index (χ0v) is 17.7. The summed E-state index contributed by atoms with van der Waals surface area (Å²) < 4.78 is 20.1. The second-order valence-electron chi connectivity index (χ2n) is 7.30. The van der Waals surface area contributed by atoms with Gasteiger partial charge in [0.05, 0.1) is 23.7 Å². The van der Waals surface area contributed by atoms with Gasteiger partial charge in [-0.15, -0.1) is 0 Å². The van der Waals surface area contributed by atoms with E-state index in [1.807, 2.05) is 31.2 Å². The molecule has 0 bridgehead atoms. The number of methoxy groups -OCH3 is 1. The predicted molar refractivity (Wildman–Crippen MR) is 115 cm³/mol. The van der Waals surface area contributed by atoms with Crippen molar-refractivity contribution in [1.29, 1.82) is 0 Å². The van der Waals surface area contributed by atoms with Gasteiger partial charge in [-0.2, -0.15) is 5.10 Å². The fourth-order valence-corrected chi connectivity index (χ4v) is 3.72. The Labute approximate surface area is 183 Å². The van der Waals surface area contributed by atoms with Crippen molar-refractivity contribution in [2.75, 3.05) is 17.7 Å². The maximum absolute atomic E-state index is 13.3. The second kappa shape index (κ2) is 8.49. The Morgan fingerprint density at radius 2 is 2.03 bits per heavy atom. The molecule has 9 heteroatoms. The van der Waals surface area contributed by atoms with Crippen LogP contribution in [0.25, 0.3) is 11.1 Å². The third-order valence-corrected chi connectivity index (χ3v) is 5.32. The minimum Gasteiger partial charge on any atom is -0.378 e. The van der Waals surface area contributed by atoms with Crippen LogP contribution in [0.1, 0.15) is 23.7 Å². The third-order valence-electron chi connectivity index (χ3n) is 5.03. The number of halogens is 2. The number of hydrogen-bond donors (Lipinski definition) is 2. The van der Waals surface area contributed by atoms with Gasteiger partial charge >= 0.3 is 0 Å². The molecule has 0 aliphatic carbocycles. The molecule has 3 aromatic rings. The summed E-state index contributed by atoms with van der Waals surface area (Å²) in [5.74, 6) is -0.794. The summed E-state index contributed by atoms with van der Waals surface area (Å²) in [5, 5.41) is 9.94. The van der Waals surface area contributed by atoms with E-state index < -0.39 is 17.8 Å². The molecule has 0 saturated carbocycles. The van der Waals surface area contributed by atoms with E-state index >= 15 is 0 Å². The van der Waals surface area contributed by atoms with E-state index in [0.29, 0.717) is 17.2 Å². The van der Waals surface area contributed by atoms with Gasteiger partial charge in [-0.05, 0) is 30.7 Å². The Balaban J connectivity index is 1.61. The molecule has 7 nitrogen and oxygen atoms in total. The van der Waals surface area contributed by atoms with Crippen LogP contribution in [-0.4, -0.2) is 28.7 Å². The zero-order chi connectivity index (χ0) is 22.1. The van der Waals surface area contributed by atoms with Gasteiger partial charge in [-0.3, -0.25) is 9.59 Å². The van der Waals surface area contributed by atoms with Crippen LogP contribution in [0.5, 0.6) is 0 Å². The lowest BCUT2D eigenvalue weighted by atomic mass is 10.0. The van der Waals surface area contributed by atoms with Gasteiger partial charge in [0.15, 0.2) is 0 Å². The number of carbonyl (C=O) groups is 2. The number of nitrogens with one attached hydrogen (secondary N) is 2. The van der Waals surface area contributed by atoms with E-state index in [2.05, 4.69) is 15.7 Å². The number of ether oxygens (including phenoxy) is 1. The van der Waals surface area contributed by atoms with Crippen molar-refractivity contribution in [2.24, 2.45) is 0 Å². The van der Waals surface area contributed by atoms with Crippen LogP contribution < -0.4 is 10.6 Å². The molecule has 1 atom stereocenters. The highest BCUT2D eigenvalue weighted by Crippen LogP contribution is 2.39. The molecule has 4 rings (SSSR count). The molecule has 1 aliphatic rings. The molecular weight excluding hydrogens is 423 g/mol. The molecule has 0 fully saturated rings. The van der Waals surface area contributed by atoms with Crippen LogP contribution in [0.2, 0.25) is 5.02 Å². The predicted octanol–water partition coefficient (Wildman–Crippen LogP) is 4.32. The zero-order valence-electron chi connectivity index (χ0n) is 16.9. The van der Waals surface area contributed by atoms with E-state index in [9.17, 15) is 14.0 Å². The van der Waals surface area contributed by atoms with Crippen LogP contribution in [-0.2, 0) is 20.9 Å². The first-order valence-corrected chi connectivity index (χ1v) is 9.98. The molecule has 0 radical (unpaired) electrons. The lowest BCUT2D eigenvalue weighted by molar-refractivity contribution is -0.123. The quantitative estimate of drug-likeness (QED) is 0.595. The Bertz CT molecular complexity index is 1160. The molecule has 2 aromatic carbocycles. The largest absolute Gasteiger partial charge is 0.378 e. The highest BCUT2D eigenvalue weighted by atomic mass is 35.5. The third kappa shape index (κ3) is 4.17. The number of rotatable bonds is 6. The van der Waals surface area contributed by atoms with Crippen LogP contribution >= 0.6 is 11.6 Å². The van der Waals surface area contributed by atoms with Gasteiger partial charge in [0.25, 0.3) is 5.91 Å². The molecule has 2 N–H and O–H groups in total. The van der Waals surface area contributed by atoms with Gasteiger partial charge in [0.1, 0.15) is 17.7 Å². The van der Waals surface area contributed by atoms with Crippen LogP contribution in [0.4, 0.5) is 15.9 Å². The number of anilines is 2. The van der Waals surface area contributed by atoms with Crippen molar-refractivity contribution in [1.82, 2.24) is 9.78 Å². The van der Waals surface area contributed by atoms with Crippen molar-refractivity contribution in [3.05, 3.63) is 64.6 Å². The van der Waals surface area contributed by atoms with E-state index in [1.165, 1.54) is 16.8 Å². The number of carbonyl (C=O) groups excluding carboxylic acids is 2. The molecular formula is C22H20ClFN4O3. The lowest BCUT2D eigenvalue weighted by Gasteiger charge is -2.10. The smallest absolute Gasteiger partial charge is 0.251 e. The molecule has 160 valence electrons. The van der Waals surface area contributed by atoms with Gasteiger partial charge < -0.3 is 15.4 Å². The van der Waals surface area contributed by atoms with Crippen LogP contribution in [0.15, 0.2) is 42.5 Å². The molecule has 1 aliphatic heterocycles. The standard InChI is InChI=1S/C22H20ClFN4O3/c1-12-3-5-13(6-4-12)20-17(11-31-2)27-28-18(22(30)26-21(20)28)10-19(29)25-14-7-8-16(24)15(23)9-14/h3-9,18H,10-11H2,1-2H3,(H,25,29)(H,26,30). The number of aromatic nitrogens is 2. The highest BCUT2D eigenvalue weighted by molar-refractivity contribution is 6.31. The average Bonchev–Trinajstić information content (AvgIpc) is 3.21. The normalized spacial score (nSPS) is 15.0. The van der Waals surface area contributed by atoms with Crippen LogP contribution in [0, 0.1) is 12.7 Å². The Morgan fingerprint density at radius 3 is 2.71 bits per heavy atom. The maximum atomic E-state index is 13.3. The molecule has 2 heterocycles. The minimum atomic E-state index is -0.819. The highest BCUT2D eigenvalue weighted by Gasteiger charge is 2.37. The molecule has 0 saturated heterocycles. The van der Waals surface area contributed by atoms with E-state index in [1.54, 1.807) is 7.11 Å². The van der Waals surface area contributed by atoms with Crippen LogP contribution in [0.3, 0.4) is 0 Å². The monoisotopic (exact) mass is 442 g/mol. The Hall–Kier alpha value is -3.23. The van der Waals surface area contributed by atoms with Gasteiger partial charge in [0.2, 0.25) is 5.91 Å². The summed E-state index contributed by atoms with van der Waals surface area (Å²) in [4.78, 5) is 25.2. The van der Waals surface area contributed by atoms with Crippen molar-refractivity contribution in [3.63, 3.8) is 0 Å². The first-order chi connectivity index (χ1) is 14.9. The number of amides is 2. The summed E-state index contributed by atoms with van der Waals surface area (Å²) in [5.41, 5.74) is 3.78. The number of nitrogens with zero attached hydrogens (tertiary/aromatic N) is 2. The van der Waals surface area contributed by atoms with Gasteiger partial charge in [-0.25, -0.2) is 9.07 Å². The van der Waals surface area contributed by atoms with Gasteiger partial charge in [-0.1, -0.05) is 41.4 Å². The van der Waals surface area contributed by atoms with Crippen molar-refractivity contribution < 1.29 is 18.7 Å². The average molecular weight is 443 g/mol. The summed E-state index contributed by atoms with van der Waals surface area (Å²) >= 11 is 5.76. The molecule has 2 amide bonds. The van der Waals surface area contributed by atoms with Crippen molar-refractivity contribution in [2.45, 2.75) is 26.0 Å². The first kappa shape index (κ1) is 21.0. The Kier molecular flexibility index (Phi) is 5.75. The number of fused-ring (bicyclic) bond motifs is 1. The number of aryl methyl sites for hydroxylation is 1. The number of hydrogen-bond acceptors (Lipinski definition) is 4. The summed E-state index contributed by atoms with van der Waals surface area (Å²) in [6.07, 6.45) is -0.144. The maximum Gasteiger partial charge on any atom is 0.251 e. The first-order valence-electron chi connectivity index (χ1n) is 9.60. The molecule has 1 unspecified atom stereocenters. The van der Waals surface area contributed by atoms with Crippen molar-refractivity contribution >= 4 is 34.9 Å². The summed E-state index contributed by atoms with van der Waals surface area (Å²) in [6.45, 7) is 2.25. The summed E-state index contributed by atoms with van der Waals surface area (Å²) in [7, 11) is 1.57.